The van der Waals surface area contributed by atoms with Gasteiger partial charge in [-0.15, -0.1) is 0 Å². The number of anilines is 2. The quantitative estimate of drug-likeness (QED) is 0.280. The summed E-state index contributed by atoms with van der Waals surface area (Å²) in [5.74, 6) is -2.66. The van der Waals surface area contributed by atoms with Gasteiger partial charge in [-0.25, -0.2) is 0 Å². The number of fused-ring (bicyclic) bond motifs is 13. The smallest absolute Gasteiger partial charge is 0.279 e. The average Bonchev–Trinajstić information content (AvgIpc) is 3.76. The highest BCUT2D eigenvalue weighted by Gasteiger charge is 2.91. The zero-order valence-electron chi connectivity index (χ0n) is 28.1. The van der Waals surface area contributed by atoms with Crippen LogP contribution in [0.5, 0.6) is 0 Å². The molecule has 0 aromatic heterocycles. The van der Waals surface area contributed by atoms with Crippen LogP contribution in [-0.2, 0) is 34.7 Å². The predicted octanol–water partition coefficient (Wildman–Crippen LogP) is 1.16. The number of para-hydroxylation sites is 2. The van der Waals surface area contributed by atoms with Crippen molar-refractivity contribution in [2.24, 2.45) is 5.92 Å². The molecule has 14 nitrogen and oxygen atoms in total. The summed E-state index contributed by atoms with van der Waals surface area (Å²) in [6, 6.07) is 13.0. The van der Waals surface area contributed by atoms with Crippen LogP contribution in [0.3, 0.4) is 0 Å². The highest BCUT2D eigenvalue weighted by Crippen LogP contribution is 2.76. The van der Waals surface area contributed by atoms with E-state index in [1.54, 1.807) is 43.4 Å². The van der Waals surface area contributed by atoms with E-state index in [0.717, 1.165) is 15.7 Å². The van der Waals surface area contributed by atoms with Gasteiger partial charge in [0.1, 0.15) is 30.6 Å². The topological polar surface area (TPSA) is 175 Å². The third kappa shape index (κ3) is 3.25. The molecule has 5 N–H and O–H groups in total. The molecule has 0 saturated carbocycles. The zero-order chi connectivity index (χ0) is 36.2. The number of nitrogens with one attached hydrogen (secondary N) is 2. The van der Waals surface area contributed by atoms with Crippen molar-refractivity contribution < 1.29 is 39.2 Å². The van der Waals surface area contributed by atoms with Crippen LogP contribution < -0.4 is 10.6 Å². The van der Waals surface area contributed by atoms with E-state index in [4.69, 9.17) is 4.74 Å². The molecule has 18 heteroatoms. The maximum atomic E-state index is 15.4. The van der Waals surface area contributed by atoms with Gasteiger partial charge in [0, 0.05) is 32.6 Å². The lowest BCUT2D eigenvalue weighted by Gasteiger charge is -2.56. The van der Waals surface area contributed by atoms with E-state index in [2.05, 4.69) is 10.6 Å². The number of nitrogens with zero attached hydrogens (tertiary/aromatic N) is 4. The number of benzene rings is 2. The molecule has 8 heterocycles. The fourth-order valence-electron chi connectivity index (χ4n) is 10.5. The van der Waals surface area contributed by atoms with Gasteiger partial charge in [-0.1, -0.05) is 50.2 Å². The Hall–Kier alpha value is -2.84. The van der Waals surface area contributed by atoms with Crippen LogP contribution >= 0.6 is 41.2 Å². The van der Waals surface area contributed by atoms with Gasteiger partial charge in [-0.05, 0) is 70.4 Å². The summed E-state index contributed by atoms with van der Waals surface area (Å²) in [7, 11) is 9.25. The lowest BCUT2D eigenvalue weighted by atomic mass is 9.51. The third-order valence-corrected chi connectivity index (χ3v) is 20.1. The zero-order valence-corrected chi connectivity index (χ0v) is 31.4. The van der Waals surface area contributed by atoms with Crippen molar-refractivity contribution in [1.82, 2.24) is 19.6 Å². The second-order valence-electron chi connectivity index (χ2n) is 14.3. The van der Waals surface area contributed by atoms with Gasteiger partial charge in [-0.3, -0.25) is 29.0 Å². The SMILES string of the molecule is CO[C@@]12C(=O)N(C)[C@@H](CO)C(=O)N1[C@@H]1Nc3ccccc3C1([C@@]13c4ccccc4N[C@@H]1N1C(=O)[C@]4(C(C)C)SSSSC1(C(=O)N4C)[C@@H]3O)[C@H]2O. The van der Waals surface area contributed by atoms with Gasteiger partial charge >= 0.3 is 0 Å². The van der Waals surface area contributed by atoms with Crippen molar-refractivity contribution in [1.29, 1.82) is 0 Å². The summed E-state index contributed by atoms with van der Waals surface area (Å²) in [6.45, 7) is 3.08. The highest BCUT2D eigenvalue weighted by atomic mass is 33.7. The lowest BCUT2D eigenvalue weighted by Crippen LogP contribution is -2.76. The molecule has 6 saturated heterocycles. The Balaban J connectivity index is 1.43. The minimum atomic E-state index is -2.33. The Bertz CT molecular complexity index is 1940. The molecule has 10 rings (SSSR count). The Kier molecular flexibility index (Phi) is 7.09. The Morgan fingerprint density at radius 3 is 1.92 bits per heavy atom. The minimum Gasteiger partial charge on any atom is -0.394 e. The molecule has 51 heavy (non-hydrogen) atoms. The largest absolute Gasteiger partial charge is 0.394 e. The maximum absolute atomic E-state index is 15.4. The lowest BCUT2D eigenvalue weighted by molar-refractivity contribution is -0.218. The third-order valence-electron chi connectivity index (χ3n) is 12.6. The van der Waals surface area contributed by atoms with Gasteiger partial charge in [0.25, 0.3) is 29.4 Å². The highest BCUT2D eigenvalue weighted by molar-refractivity contribution is 9.26. The summed E-state index contributed by atoms with van der Waals surface area (Å²) in [4.78, 5) is 61.8. The molecule has 0 aliphatic carbocycles. The monoisotopic (exact) mass is 772 g/mol. The summed E-state index contributed by atoms with van der Waals surface area (Å²) in [6.07, 6.45) is -6.05. The number of hydrogen-bond donors (Lipinski definition) is 5. The van der Waals surface area contributed by atoms with Crippen molar-refractivity contribution >= 4 is 76.2 Å². The molecule has 2 unspecified atom stereocenters. The second kappa shape index (κ2) is 10.6. The molecule has 4 amide bonds. The summed E-state index contributed by atoms with van der Waals surface area (Å²) in [5.41, 5.74) is -3.94. The molecule has 270 valence electrons. The first-order chi connectivity index (χ1) is 24.3. The van der Waals surface area contributed by atoms with Crippen molar-refractivity contribution in [3.63, 3.8) is 0 Å². The number of likely N-dealkylation sites (N-methyl/N-ethyl adjacent to an activating group) is 2. The standard InChI is InChI=1S/C33H36N6O8S4/c1-15(2)32-28(46)39-25-30(17-11-7-9-13-19(17)35-25,23(43)33(39,27(45)37(32)4)49-51-50-48-32)29-16-10-6-8-12-18(16)34-24(29)38-21(41)20(14-40)36(3)26(44)31(38,47-5)22(29)42/h6-13,15,20,22-25,34-35,40,42-43H,14H2,1-5H3/t20-,22+,23+,24-,25+,29?,30+,31-,32-,33?/m0/s1. The number of piperazine rings is 2. The van der Waals surface area contributed by atoms with Crippen LogP contribution in [-0.4, -0.2) is 132 Å². The van der Waals surface area contributed by atoms with E-state index in [-0.39, 0.29) is 11.8 Å². The number of aliphatic hydroxyl groups is 3. The van der Waals surface area contributed by atoms with Crippen LogP contribution in [0.2, 0.25) is 0 Å². The maximum Gasteiger partial charge on any atom is 0.279 e. The molecule has 6 fully saturated rings. The molecule has 0 radical (unpaired) electrons. The van der Waals surface area contributed by atoms with Gasteiger partial charge in [0.05, 0.1) is 17.4 Å². The Morgan fingerprint density at radius 2 is 1.35 bits per heavy atom. The fraction of sp³-hybridized carbons (Fsp3) is 0.515. The van der Waals surface area contributed by atoms with E-state index in [1.807, 2.05) is 26.0 Å². The number of amides is 4. The van der Waals surface area contributed by atoms with Gasteiger partial charge < -0.3 is 40.5 Å². The van der Waals surface area contributed by atoms with Crippen molar-refractivity contribution in [3.8, 4) is 0 Å². The van der Waals surface area contributed by atoms with Gasteiger partial charge in [-0.2, -0.15) is 0 Å². The minimum absolute atomic E-state index is 0.349. The Labute approximate surface area is 308 Å². The number of hydrogen-bond acceptors (Lipinski definition) is 14. The van der Waals surface area contributed by atoms with Crippen molar-refractivity contribution in [2.45, 2.75) is 70.7 Å². The molecule has 10 atom stereocenters. The van der Waals surface area contributed by atoms with E-state index < -0.39 is 81.2 Å². The van der Waals surface area contributed by atoms with Crippen LogP contribution in [0.15, 0.2) is 48.5 Å². The number of rotatable bonds is 4. The number of carbonyl (C=O) groups is 4. The average molecular weight is 773 g/mol. The first-order valence-electron chi connectivity index (χ1n) is 16.5. The van der Waals surface area contributed by atoms with Crippen LogP contribution in [0.1, 0.15) is 25.0 Å². The van der Waals surface area contributed by atoms with Crippen molar-refractivity contribution in [2.75, 3.05) is 38.4 Å². The van der Waals surface area contributed by atoms with E-state index in [0.29, 0.717) is 22.5 Å². The van der Waals surface area contributed by atoms with E-state index in [1.165, 1.54) is 59.3 Å². The first kappa shape index (κ1) is 34.0. The van der Waals surface area contributed by atoms with Gasteiger partial charge in [0.15, 0.2) is 4.87 Å². The molecule has 8 aliphatic rings. The summed E-state index contributed by atoms with van der Waals surface area (Å²) in [5, 5.41) is 44.3. The fourth-order valence-corrected chi connectivity index (χ4v) is 18.6. The van der Waals surface area contributed by atoms with Gasteiger partial charge in [0.2, 0.25) is 4.87 Å². The summed E-state index contributed by atoms with van der Waals surface area (Å²) >= 11 is 0. The molecule has 2 aromatic carbocycles. The van der Waals surface area contributed by atoms with Crippen molar-refractivity contribution in [3.05, 3.63) is 59.7 Å². The number of carbonyl (C=O) groups excluding carboxylic acids is 4. The number of aliphatic hydroxyl groups excluding tert-OH is 3. The van der Waals surface area contributed by atoms with Crippen LogP contribution in [0.25, 0.3) is 0 Å². The molecule has 2 aromatic rings. The summed E-state index contributed by atoms with van der Waals surface area (Å²) < 4.78 is 6.06. The second-order valence-corrected chi connectivity index (χ2v) is 20.5. The first-order valence-corrected chi connectivity index (χ1v) is 21.3. The molecular weight excluding hydrogens is 737 g/mol. The number of ether oxygens (including phenoxy) is 1. The Morgan fingerprint density at radius 1 is 0.804 bits per heavy atom. The molecule has 2 bridgehead atoms. The van der Waals surface area contributed by atoms with E-state index in [9.17, 15) is 24.9 Å². The van der Waals surface area contributed by atoms with Crippen LogP contribution in [0, 0.1) is 5.92 Å². The number of methoxy groups -OCH3 is 1. The molecular formula is C33H36N6O8S4. The van der Waals surface area contributed by atoms with E-state index >= 15 is 9.59 Å². The normalized spacial score (nSPS) is 41.9. The molecule has 8 aliphatic heterocycles. The van der Waals surface area contributed by atoms with Crippen LogP contribution in [0.4, 0.5) is 11.4 Å². The predicted molar refractivity (Wildman–Crippen MR) is 194 cm³/mol. The molecule has 1 spiro atoms.